The summed E-state index contributed by atoms with van der Waals surface area (Å²) in [5.41, 5.74) is 3.86. The number of benzene rings is 1. The largest absolute Gasteiger partial charge is 0.309 e. The monoisotopic (exact) mass is 309 g/mol. The highest BCUT2D eigenvalue weighted by Crippen LogP contribution is 2.21. The van der Waals surface area contributed by atoms with Crippen LogP contribution >= 0.6 is 0 Å². The van der Waals surface area contributed by atoms with Gasteiger partial charge in [0.15, 0.2) is 0 Å². The van der Waals surface area contributed by atoms with Crippen LogP contribution in [0.2, 0.25) is 0 Å². The minimum atomic E-state index is -0.752. The standard InChI is InChI=1S/C18H31NOS/c1-6-10-19-18(13-21(20)11-9-14(2)3)17-12-15(4)7-8-16(17)5/h7-8,12,14,18-19H,6,9-11,13H2,1-5H3. The van der Waals surface area contributed by atoms with Gasteiger partial charge < -0.3 is 5.32 Å². The summed E-state index contributed by atoms with van der Waals surface area (Å²) < 4.78 is 12.4. The Morgan fingerprint density at radius 2 is 1.95 bits per heavy atom. The van der Waals surface area contributed by atoms with Crippen molar-refractivity contribution in [2.75, 3.05) is 18.1 Å². The van der Waals surface area contributed by atoms with Crippen LogP contribution in [0.1, 0.15) is 56.3 Å². The summed E-state index contributed by atoms with van der Waals surface area (Å²) in [6.07, 6.45) is 2.14. The lowest BCUT2D eigenvalue weighted by molar-refractivity contribution is 0.564. The fraction of sp³-hybridized carbons (Fsp3) is 0.667. The highest BCUT2D eigenvalue weighted by molar-refractivity contribution is 7.85. The van der Waals surface area contributed by atoms with E-state index in [-0.39, 0.29) is 6.04 Å². The molecule has 0 fully saturated rings. The van der Waals surface area contributed by atoms with Gasteiger partial charge in [0.2, 0.25) is 0 Å². The van der Waals surface area contributed by atoms with Crippen LogP contribution in [0.25, 0.3) is 0 Å². The first kappa shape index (κ1) is 18.4. The third kappa shape index (κ3) is 6.75. The van der Waals surface area contributed by atoms with Gasteiger partial charge in [0.1, 0.15) is 0 Å². The molecule has 2 atom stereocenters. The van der Waals surface area contributed by atoms with E-state index in [0.717, 1.165) is 30.9 Å². The molecule has 0 aromatic heterocycles. The summed E-state index contributed by atoms with van der Waals surface area (Å²) in [6.45, 7) is 11.8. The van der Waals surface area contributed by atoms with Gasteiger partial charge in [-0.2, -0.15) is 0 Å². The molecule has 21 heavy (non-hydrogen) atoms. The molecule has 1 rings (SSSR count). The lowest BCUT2D eigenvalue weighted by atomic mass is 10.00. The smallest absolute Gasteiger partial charge is 0.0439 e. The molecule has 0 spiro atoms. The van der Waals surface area contributed by atoms with Crippen molar-refractivity contribution in [3.8, 4) is 0 Å². The Kier molecular flexibility index (Phi) is 8.20. The van der Waals surface area contributed by atoms with E-state index in [2.05, 4.69) is 58.1 Å². The summed E-state index contributed by atoms with van der Waals surface area (Å²) in [7, 11) is -0.752. The second kappa shape index (κ2) is 9.37. The number of hydrogen-bond acceptors (Lipinski definition) is 2. The maximum atomic E-state index is 12.4. The molecule has 0 aliphatic carbocycles. The number of hydrogen-bond donors (Lipinski definition) is 1. The zero-order chi connectivity index (χ0) is 15.8. The molecule has 0 aliphatic rings. The first-order chi connectivity index (χ1) is 9.93. The quantitative estimate of drug-likeness (QED) is 0.743. The lowest BCUT2D eigenvalue weighted by Crippen LogP contribution is -2.28. The molecule has 1 aromatic carbocycles. The average molecular weight is 310 g/mol. The molecule has 1 N–H and O–H groups in total. The Bertz CT molecular complexity index is 457. The molecule has 2 nitrogen and oxygen atoms in total. The molecule has 0 heterocycles. The highest BCUT2D eigenvalue weighted by Gasteiger charge is 2.16. The average Bonchev–Trinajstić information content (AvgIpc) is 2.44. The van der Waals surface area contributed by atoms with Crippen LogP contribution in [0.5, 0.6) is 0 Å². The van der Waals surface area contributed by atoms with E-state index in [0.29, 0.717) is 5.92 Å². The van der Waals surface area contributed by atoms with Crippen molar-refractivity contribution in [1.82, 2.24) is 5.32 Å². The minimum absolute atomic E-state index is 0.206. The van der Waals surface area contributed by atoms with E-state index in [4.69, 9.17) is 0 Å². The zero-order valence-electron chi connectivity index (χ0n) is 14.2. The Hall–Kier alpha value is -0.670. The third-order valence-electron chi connectivity index (χ3n) is 3.73. The first-order valence-electron chi connectivity index (χ1n) is 8.09. The molecule has 120 valence electrons. The van der Waals surface area contributed by atoms with Gasteiger partial charge >= 0.3 is 0 Å². The molecular formula is C18H31NOS. The van der Waals surface area contributed by atoms with Crippen LogP contribution in [0.4, 0.5) is 0 Å². The van der Waals surface area contributed by atoms with Crippen molar-refractivity contribution >= 4 is 10.8 Å². The number of rotatable bonds is 9. The lowest BCUT2D eigenvalue weighted by Gasteiger charge is -2.21. The predicted molar refractivity (Wildman–Crippen MR) is 94.3 cm³/mol. The Balaban J connectivity index is 2.79. The summed E-state index contributed by atoms with van der Waals surface area (Å²) in [5.74, 6) is 2.15. The van der Waals surface area contributed by atoms with E-state index in [1.54, 1.807) is 0 Å². The Labute approximate surface area is 133 Å². The number of nitrogens with one attached hydrogen (secondary N) is 1. The van der Waals surface area contributed by atoms with Gasteiger partial charge in [-0.3, -0.25) is 4.21 Å². The topological polar surface area (TPSA) is 29.1 Å². The van der Waals surface area contributed by atoms with Gasteiger partial charge in [-0.25, -0.2) is 0 Å². The maximum absolute atomic E-state index is 12.4. The van der Waals surface area contributed by atoms with E-state index >= 15 is 0 Å². The van der Waals surface area contributed by atoms with Gasteiger partial charge in [-0.05, 0) is 50.3 Å². The first-order valence-corrected chi connectivity index (χ1v) is 9.58. The van der Waals surface area contributed by atoms with Gasteiger partial charge in [-0.1, -0.05) is 44.5 Å². The van der Waals surface area contributed by atoms with E-state index in [9.17, 15) is 4.21 Å². The predicted octanol–water partition coefficient (Wildman–Crippen LogP) is 4.14. The summed E-state index contributed by atoms with van der Waals surface area (Å²) in [6, 6.07) is 6.76. The number of aryl methyl sites for hydroxylation is 2. The molecule has 3 heteroatoms. The third-order valence-corrected chi connectivity index (χ3v) is 5.12. The Morgan fingerprint density at radius 3 is 2.57 bits per heavy atom. The summed E-state index contributed by atoms with van der Waals surface area (Å²) in [5, 5.41) is 3.58. The molecule has 0 aliphatic heterocycles. The second-order valence-electron chi connectivity index (χ2n) is 6.36. The molecule has 0 bridgehead atoms. The molecule has 0 saturated heterocycles. The van der Waals surface area contributed by atoms with Crippen LogP contribution in [-0.4, -0.2) is 22.3 Å². The fourth-order valence-electron chi connectivity index (χ4n) is 2.35. The van der Waals surface area contributed by atoms with Gasteiger partial charge in [-0.15, -0.1) is 0 Å². The van der Waals surface area contributed by atoms with Crippen molar-refractivity contribution < 1.29 is 4.21 Å². The van der Waals surface area contributed by atoms with E-state index in [1.807, 2.05) is 0 Å². The molecule has 2 unspecified atom stereocenters. The molecule has 0 saturated carbocycles. The van der Waals surface area contributed by atoms with Crippen LogP contribution in [0.3, 0.4) is 0 Å². The SMILES string of the molecule is CCCNC(CS(=O)CCC(C)C)c1cc(C)ccc1C. The van der Waals surface area contributed by atoms with Crippen LogP contribution in [-0.2, 0) is 10.8 Å². The van der Waals surface area contributed by atoms with Gasteiger partial charge in [0, 0.05) is 28.3 Å². The maximum Gasteiger partial charge on any atom is 0.0439 e. The minimum Gasteiger partial charge on any atom is -0.309 e. The van der Waals surface area contributed by atoms with Crippen molar-refractivity contribution in [1.29, 1.82) is 0 Å². The van der Waals surface area contributed by atoms with E-state index < -0.39 is 10.8 Å². The van der Waals surface area contributed by atoms with Crippen molar-refractivity contribution in [2.24, 2.45) is 5.92 Å². The molecule has 0 amide bonds. The molecular weight excluding hydrogens is 278 g/mol. The molecule has 0 radical (unpaired) electrons. The summed E-state index contributed by atoms with van der Waals surface area (Å²) in [4.78, 5) is 0. The van der Waals surface area contributed by atoms with Crippen LogP contribution in [0.15, 0.2) is 18.2 Å². The fourth-order valence-corrected chi connectivity index (χ4v) is 3.92. The Morgan fingerprint density at radius 1 is 1.24 bits per heavy atom. The van der Waals surface area contributed by atoms with Crippen LogP contribution < -0.4 is 5.32 Å². The van der Waals surface area contributed by atoms with Gasteiger partial charge in [0.25, 0.3) is 0 Å². The van der Waals surface area contributed by atoms with Crippen molar-refractivity contribution in [2.45, 2.75) is 53.5 Å². The van der Waals surface area contributed by atoms with Crippen molar-refractivity contribution in [3.63, 3.8) is 0 Å². The second-order valence-corrected chi connectivity index (χ2v) is 7.98. The zero-order valence-corrected chi connectivity index (χ0v) is 15.1. The van der Waals surface area contributed by atoms with Crippen molar-refractivity contribution in [3.05, 3.63) is 34.9 Å². The highest BCUT2D eigenvalue weighted by atomic mass is 32.2. The summed E-state index contributed by atoms with van der Waals surface area (Å²) >= 11 is 0. The van der Waals surface area contributed by atoms with Gasteiger partial charge in [0.05, 0.1) is 0 Å². The van der Waals surface area contributed by atoms with E-state index in [1.165, 1.54) is 16.7 Å². The van der Waals surface area contributed by atoms with Crippen LogP contribution in [0, 0.1) is 19.8 Å². The molecule has 1 aromatic rings. The normalized spacial score (nSPS) is 14.4.